The van der Waals surface area contributed by atoms with Crippen LogP contribution < -0.4 is 5.32 Å². The van der Waals surface area contributed by atoms with Crippen molar-refractivity contribution in [1.29, 1.82) is 0 Å². The smallest absolute Gasteiger partial charge is 0.0545 e. The quantitative estimate of drug-likeness (QED) is 0.807. The van der Waals surface area contributed by atoms with Crippen LogP contribution in [0.15, 0.2) is 23.1 Å². The summed E-state index contributed by atoms with van der Waals surface area (Å²) in [5.41, 5.74) is 1.22. The molecule has 1 nitrogen and oxygen atoms in total. The topological polar surface area (TPSA) is 12.0 Å². The summed E-state index contributed by atoms with van der Waals surface area (Å²) in [6.07, 6.45) is 0. The number of halogens is 1. The molecule has 0 aliphatic carbocycles. The molecule has 0 spiro atoms. The Bertz CT molecular complexity index is 331. The monoisotopic (exact) mass is 243 g/mol. The molecule has 0 saturated heterocycles. The van der Waals surface area contributed by atoms with Crippen LogP contribution in [-0.4, -0.2) is 11.8 Å². The molecule has 0 aromatic heterocycles. The molecule has 84 valence electrons. The van der Waals surface area contributed by atoms with E-state index in [9.17, 15) is 0 Å². The van der Waals surface area contributed by atoms with Gasteiger partial charge in [0.2, 0.25) is 0 Å². The van der Waals surface area contributed by atoms with Crippen LogP contribution in [0.3, 0.4) is 0 Å². The van der Waals surface area contributed by atoms with Gasteiger partial charge >= 0.3 is 0 Å². The maximum absolute atomic E-state index is 6.22. The van der Waals surface area contributed by atoms with Gasteiger partial charge in [-0.25, -0.2) is 0 Å². The van der Waals surface area contributed by atoms with E-state index in [1.165, 1.54) is 5.56 Å². The van der Waals surface area contributed by atoms with Crippen LogP contribution in [0, 0.1) is 0 Å². The Balaban J connectivity index is 2.84. The van der Waals surface area contributed by atoms with Crippen molar-refractivity contribution in [3.8, 4) is 0 Å². The fraction of sp³-hybridized carbons (Fsp3) is 0.500. The number of hydrogen-bond donors (Lipinski definition) is 1. The Morgan fingerprint density at radius 1 is 1.33 bits per heavy atom. The summed E-state index contributed by atoms with van der Waals surface area (Å²) in [5, 5.41) is 3.96. The summed E-state index contributed by atoms with van der Waals surface area (Å²) < 4.78 is 0.203. The van der Waals surface area contributed by atoms with E-state index in [0.717, 1.165) is 16.5 Å². The van der Waals surface area contributed by atoms with Crippen molar-refractivity contribution in [3.63, 3.8) is 0 Å². The zero-order valence-electron chi connectivity index (χ0n) is 9.73. The minimum atomic E-state index is 0.203. The largest absolute Gasteiger partial charge is 0.316 e. The van der Waals surface area contributed by atoms with Crippen LogP contribution in [0.4, 0.5) is 0 Å². The SMILES string of the molecule is CNCc1ccc(SC(C)(C)C)c(Cl)c1. The zero-order valence-corrected chi connectivity index (χ0v) is 11.3. The van der Waals surface area contributed by atoms with E-state index in [4.69, 9.17) is 11.6 Å². The van der Waals surface area contributed by atoms with Gasteiger partial charge in [0.1, 0.15) is 0 Å². The molecule has 15 heavy (non-hydrogen) atoms. The predicted octanol–water partition coefficient (Wildman–Crippen LogP) is 3.95. The van der Waals surface area contributed by atoms with Gasteiger partial charge in [-0.2, -0.15) is 0 Å². The molecule has 0 unspecified atom stereocenters. The Hall–Kier alpha value is -0.180. The third-order valence-electron chi connectivity index (χ3n) is 1.79. The van der Waals surface area contributed by atoms with Crippen LogP contribution >= 0.6 is 23.4 Å². The van der Waals surface area contributed by atoms with Crippen molar-refractivity contribution in [2.75, 3.05) is 7.05 Å². The number of thioether (sulfide) groups is 1. The van der Waals surface area contributed by atoms with Gasteiger partial charge in [0.05, 0.1) is 5.02 Å². The first kappa shape index (κ1) is 12.9. The molecular weight excluding hydrogens is 226 g/mol. The molecule has 0 aliphatic rings. The highest BCUT2D eigenvalue weighted by atomic mass is 35.5. The van der Waals surface area contributed by atoms with E-state index in [0.29, 0.717) is 0 Å². The fourth-order valence-corrected chi connectivity index (χ4v) is 2.54. The van der Waals surface area contributed by atoms with Gasteiger partial charge in [0, 0.05) is 16.2 Å². The van der Waals surface area contributed by atoms with Crippen LogP contribution in [0.5, 0.6) is 0 Å². The fourth-order valence-electron chi connectivity index (χ4n) is 1.27. The summed E-state index contributed by atoms with van der Waals surface area (Å²) in [5.74, 6) is 0. The maximum Gasteiger partial charge on any atom is 0.0545 e. The van der Waals surface area contributed by atoms with Crippen molar-refractivity contribution >= 4 is 23.4 Å². The molecule has 0 fully saturated rings. The van der Waals surface area contributed by atoms with E-state index in [1.54, 1.807) is 11.8 Å². The zero-order chi connectivity index (χ0) is 11.5. The molecule has 0 heterocycles. The first-order chi connectivity index (χ1) is 6.92. The molecule has 0 amide bonds. The lowest BCUT2D eigenvalue weighted by Gasteiger charge is -2.18. The van der Waals surface area contributed by atoms with E-state index < -0.39 is 0 Å². The average molecular weight is 244 g/mol. The van der Waals surface area contributed by atoms with Crippen molar-refractivity contribution < 1.29 is 0 Å². The highest BCUT2D eigenvalue weighted by Crippen LogP contribution is 2.36. The Kier molecular flexibility index (Phi) is 4.50. The number of nitrogens with one attached hydrogen (secondary N) is 1. The summed E-state index contributed by atoms with van der Waals surface area (Å²) in [6.45, 7) is 7.43. The third kappa shape index (κ3) is 4.45. The van der Waals surface area contributed by atoms with Gasteiger partial charge in [0.15, 0.2) is 0 Å². The predicted molar refractivity (Wildman–Crippen MR) is 69.8 cm³/mol. The summed E-state index contributed by atoms with van der Waals surface area (Å²) in [7, 11) is 1.94. The highest BCUT2D eigenvalue weighted by molar-refractivity contribution is 8.00. The summed E-state index contributed by atoms with van der Waals surface area (Å²) >= 11 is 8.02. The molecule has 0 atom stereocenters. The lowest BCUT2D eigenvalue weighted by Crippen LogP contribution is -2.07. The van der Waals surface area contributed by atoms with Gasteiger partial charge in [0.25, 0.3) is 0 Å². The summed E-state index contributed by atoms with van der Waals surface area (Å²) in [6, 6.07) is 6.26. The molecule has 0 saturated carbocycles. The molecule has 1 aromatic rings. The summed E-state index contributed by atoms with van der Waals surface area (Å²) in [4.78, 5) is 1.16. The second-order valence-electron chi connectivity index (χ2n) is 4.51. The maximum atomic E-state index is 6.22. The lowest BCUT2D eigenvalue weighted by atomic mass is 10.2. The highest BCUT2D eigenvalue weighted by Gasteiger charge is 2.14. The van der Waals surface area contributed by atoms with E-state index in [2.05, 4.69) is 38.2 Å². The van der Waals surface area contributed by atoms with Gasteiger partial charge in [-0.05, 0) is 24.7 Å². The number of rotatable bonds is 3. The second kappa shape index (κ2) is 5.24. The second-order valence-corrected chi connectivity index (χ2v) is 6.79. The Morgan fingerprint density at radius 3 is 2.47 bits per heavy atom. The molecular formula is C12H18ClNS. The molecule has 3 heteroatoms. The number of benzene rings is 1. The van der Waals surface area contributed by atoms with Gasteiger partial charge < -0.3 is 5.32 Å². The van der Waals surface area contributed by atoms with Crippen molar-refractivity contribution in [1.82, 2.24) is 5.32 Å². The molecule has 0 aliphatic heterocycles. The minimum Gasteiger partial charge on any atom is -0.316 e. The van der Waals surface area contributed by atoms with E-state index in [1.807, 2.05) is 13.1 Å². The average Bonchev–Trinajstić information content (AvgIpc) is 2.08. The van der Waals surface area contributed by atoms with Crippen LogP contribution in [0.25, 0.3) is 0 Å². The van der Waals surface area contributed by atoms with E-state index in [-0.39, 0.29) is 4.75 Å². The van der Waals surface area contributed by atoms with Gasteiger partial charge in [-0.1, -0.05) is 38.4 Å². The molecule has 0 bridgehead atoms. The Labute approximate surface area is 102 Å². The third-order valence-corrected chi connectivity index (χ3v) is 3.41. The Morgan fingerprint density at radius 2 is 2.00 bits per heavy atom. The minimum absolute atomic E-state index is 0.203. The first-order valence-electron chi connectivity index (χ1n) is 5.04. The van der Waals surface area contributed by atoms with Crippen molar-refractivity contribution in [2.45, 2.75) is 37.0 Å². The molecule has 1 rings (SSSR count). The van der Waals surface area contributed by atoms with Crippen LogP contribution in [-0.2, 0) is 6.54 Å². The number of hydrogen-bond acceptors (Lipinski definition) is 2. The standard InChI is InChI=1S/C12H18ClNS/c1-12(2,3)15-11-6-5-9(8-14-4)7-10(11)13/h5-7,14H,8H2,1-4H3. The molecule has 0 radical (unpaired) electrons. The first-order valence-corrected chi connectivity index (χ1v) is 6.24. The van der Waals surface area contributed by atoms with Crippen LogP contribution in [0.2, 0.25) is 5.02 Å². The lowest BCUT2D eigenvalue weighted by molar-refractivity contribution is 0.801. The molecule has 1 N–H and O–H groups in total. The van der Waals surface area contributed by atoms with Crippen molar-refractivity contribution in [2.24, 2.45) is 0 Å². The van der Waals surface area contributed by atoms with Crippen molar-refractivity contribution in [3.05, 3.63) is 28.8 Å². The van der Waals surface area contributed by atoms with E-state index >= 15 is 0 Å². The van der Waals surface area contributed by atoms with Crippen LogP contribution in [0.1, 0.15) is 26.3 Å². The van der Waals surface area contributed by atoms with Gasteiger partial charge in [-0.15, -0.1) is 11.8 Å². The normalized spacial score (nSPS) is 11.8. The molecule has 1 aromatic carbocycles. The van der Waals surface area contributed by atoms with Gasteiger partial charge in [-0.3, -0.25) is 0 Å².